The van der Waals surface area contributed by atoms with Crippen molar-refractivity contribution < 1.29 is 4.74 Å². The maximum Gasteiger partial charge on any atom is 0.133 e. The molecule has 0 atom stereocenters. The van der Waals surface area contributed by atoms with E-state index in [9.17, 15) is 0 Å². The van der Waals surface area contributed by atoms with Crippen LogP contribution in [0.1, 0.15) is 12.8 Å². The molecule has 0 radical (unpaired) electrons. The smallest absolute Gasteiger partial charge is 0.133 e. The fraction of sp³-hybridized carbons (Fsp3) is 0.333. The van der Waals surface area contributed by atoms with E-state index in [1.54, 1.807) is 11.8 Å². The largest absolute Gasteiger partial charge is 0.492 e. The molecule has 0 unspecified atom stereocenters. The minimum Gasteiger partial charge on any atom is -0.492 e. The Morgan fingerprint density at radius 1 is 0.909 bits per heavy atom. The highest BCUT2D eigenvalue weighted by Crippen LogP contribution is 2.34. The monoisotopic (exact) mass is 337 g/mol. The lowest BCUT2D eigenvalue weighted by molar-refractivity contribution is 0.287. The summed E-state index contributed by atoms with van der Waals surface area (Å²) in [5.74, 6) is 0.983. The maximum atomic E-state index is 5.95. The number of unbranched alkanes of at least 4 members (excludes halogenated alkanes) is 1. The van der Waals surface area contributed by atoms with Gasteiger partial charge in [0.25, 0.3) is 0 Å². The third-order valence-corrected chi connectivity index (χ3v) is 4.14. The van der Waals surface area contributed by atoms with Crippen LogP contribution >= 0.6 is 24.2 Å². The molecule has 0 fully saturated rings. The van der Waals surface area contributed by atoms with Crippen LogP contribution in [0.15, 0.2) is 64.4 Å². The van der Waals surface area contributed by atoms with E-state index in [1.165, 1.54) is 16.2 Å². The lowest BCUT2D eigenvalue weighted by Crippen LogP contribution is -2.13. The molecule has 0 bridgehead atoms. The Bertz CT molecular complexity index is 534. The topological polar surface area (TPSA) is 12.5 Å². The van der Waals surface area contributed by atoms with E-state index < -0.39 is 0 Å². The van der Waals surface area contributed by atoms with Gasteiger partial charge in [0.2, 0.25) is 0 Å². The quantitative estimate of drug-likeness (QED) is 0.630. The molecule has 0 saturated carbocycles. The lowest BCUT2D eigenvalue weighted by Gasteiger charge is -2.12. The minimum absolute atomic E-state index is 0. The molecule has 2 aromatic carbocycles. The molecule has 22 heavy (non-hydrogen) atoms. The number of para-hydroxylation sites is 1. The summed E-state index contributed by atoms with van der Waals surface area (Å²) < 4.78 is 5.95. The van der Waals surface area contributed by atoms with Gasteiger partial charge >= 0.3 is 0 Å². The standard InChI is InChI=1S/C18H23NOS.ClH/c1-19(2)14-8-9-15-20-17-12-6-7-13-18(17)21-16-10-4-3-5-11-16;/h3-7,10-13H,8-9,14-15H2,1-2H3;1H. The Labute approximate surface area is 144 Å². The van der Waals surface area contributed by atoms with Gasteiger partial charge in [-0.15, -0.1) is 12.4 Å². The van der Waals surface area contributed by atoms with E-state index >= 15 is 0 Å². The van der Waals surface area contributed by atoms with Crippen LogP contribution in [0.2, 0.25) is 0 Å². The molecule has 120 valence electrons. The number of rotatable bonds is 8. The van der Waals surface area contributed by atoms with Gasteiger partial charge in [0.15, 0.2) is 0 Å². The van der Waals surface area contributed by atoms with Crippen LogP contribution in [0.3, 0.4) is 0 Å². The van der Waals surface area contributed by atoms with Gasteiger partial charge in [-0.05, 0) is 57.7 Å². The van der Waals surface area contributed by atoms with Crippen molar-refractivity contribution in [1.82, 2.24) is 4.90 Å². The molecule has 2 nitrogen and oxygen atoms in total. The molecule has 0 aliphatic heterocycles. The van der Waals surface area contributed by atoms with E-state index in [0.29, 0.717) is 0 Å². The van der Waals surface area contributed by atoms with Gasteiger partial charge in [0.1, 0.15) is 5.75 Å². The van der Waals surface area contributed by atoms with Crippen LogP contribution < -0.4 is 4.74 Å². The number of benzene rings is 2. The Hall–Kier alpha value is -1.16. The molecule has 0 aliphatic rings. The normalized spacial score (nSPS) is 10.3. The molecular weight excluding hydrogens is 314 g/mol. The molecule has 0 aliphatic carbocycles. The predicted molar refractivity (Wildman–Crippen MR) is 97.5 cm³/mol. The number of ether oxygens (including phenoxy) is 1. The van der Waals surface area contributed by atoms with Crippen LogP contribution in [0.25, 0.3) is 0 Å². The zero-order valence-electron chi connectivity index (χ0n) is 13.2. The van der Waals surface area contributed by atoms with Crippen molar-refractivity contribution in [2.75, 3.05) is 27.2 Å². The van der Waals surface area contributed by atoms with Crippen molar-refractivity contribution in [2.24, 2.45) is 0 Å². The van der Waals surface area contributed by atoms with Crippen molar-refractivity contribution in [2.45, 2.75) is 22.6 Å². The second-order valence-electron chi connectivity index (χ2n) is 5.22. The summed E-state index contributed by atoms with van der Waals surface area (Å²) in [7, 11) is 4.21. The minimum atomic E-state index is 0. The van der Waals surface area contributed by atoms with Crippen molar-refractivity contribution in [1.29, 1.82) is 0 Å². The summed E-state index contributed by atoms with van der Waals surface area (Å²) in [6.07, 6.45) is 2.25. The number of hydrogen-bond donors (Lipinski definition) is 0. The lowest BCUT2D eigenvalue weighted by atomic mass is 10.3. The fourth-order valence-corrected chi connectivity index (χ4v) is 2.90. The average Bonchev–Trinajstić information content (AvgIpc) is 2.49. The first-order valence-corrected chi connectivity index (χ1v) is 8.17. The van der Waals surface area contributed by atoms with Gasteiger partial charge in [-0.3, -0.25) is 0 Å². The second kappa shape index (κ2) is 10.5. The average molecular weight is 338 g/mol. The highest BCUT2D eigenvalue weighted by molar-refractivity contribution is 7.99. The maximum absolute atomic E-state index is 5.95. The Morgan fingerprint density at radius 3 is 2.32 bits per heavy atom. The molecule has 0 amide bonds. The van der Waals surface area contributed by atoms with Gasteiger partial charge in [0, 0.05) is 4.90 Å². The summed E-state index contributed by atoms with van der Waals surface area (Å²) in [4.78, 5) is 4.62. The third kappa shape index (κ3) is 6.73. The summed E-state index contributed by atoms with van der Waals surface area (Å²) in [6, 6.07) is 18.7. The Morgan fingerprint density at radius 2 is 1.59 bits per heavy atom. The van der Waals surface area contributed by atoms with Crippen LogP contribution in [-0.4, -0.2) is 32.1 Å². The van der Waals surface area contributed by atoms with Crippen LogP contribution in [0.4, 0.5) is 0 Å². The van der Waals surface area contributed by atoms with Crippen molar-refractivity contribution in [3.8, 4) is 5.75 Å². The molecular formula is C18H24ClNOS. The van der Waals surface area contributed by atoms with Gasteiger partial charge in [-0.25, -0.2) is 0 Å². The predicted octanol–water partition coefficient (Wildman–Crippen LogP) is 4.98. The van der Waals surface area contributed by atoms with E-state index in [-0.39, 0.29) is 12.4 Å². The second-order valence-corrected chi connectivity index (χ2v) is 6.34. The zero-order valence-corrected chi connectivity index (χ0v) is 14.8. The Kier molecular flexibility index (Phi) is 9.05. The first kappa shape index (κ1) is 18.9. The van der Waals surface area contributed by atoms with Crippen LogP contribution in [-0.2, 0) is 0 Å². The Balaban J connectivity index is 0.00000242. The number of hydrogen-bond acceptors (Lipinski definition) is 3. The van der Waals surface area contributed by atoms with Gasteiger partial charge in [-0.1, -0.05) is 42.1 Å². The third-order valence-electron chi connectivity index (χ3n) is 3.08. The highest BCUT2D eigenvalue weighted by Gasteiger charge is 2.04. The zero-order chi connectivity index (χ0) is 14.9. The summed E-state index contributed by atoms with van der Waals surface area (Å²) >= 11 is 1.75. The van der Waals surface area contributed by atoms with Crippen molar-refractivity contribution >= 4 is 24.2 Å². The van der Waals surface area contributed by atoms with E-state index in [2.05, 4.69) is 61.5 Å². The number of halogens is 1. The summed E-state index contributed by atoms with van der Waals surface area (Å²) in [5.41, 5.74) is 0. The first-order chi connectivity index (χ1) is 10.3. The van der Waals surface area contributed by atoms with Crippen molar-refractivity contribution in [3.63, 3.8) is 0 Å². The molecule has 2 rings (SSSR count). The molecule has 0 saturated heterocycles. The SMILES string of the molecule is CN(C)CCCCOc1ccccc1Sc1ccccc1.Cl. The highest BCUT2D eigenvalue weighted by atomic mass is 35.5. The van der Waals surface area contributed by atoms with Gasteiger partial charge in [0.05, 0.1) is 11.5 Å². The van der Waals surface area contributed by atoms with Gasteiger partial charge < -0.3 is 9.64 Å². The summed E-state index contributed by atoms with van der Waals surface area (Å²) in [6.45, 7) is 1.89. The van der Waals surface area contributed by atoms with E-state index in [0.717, 1.165) is 25.3 Å². The molecule has 2 aromatic rings. The molecule has 0 N–H and O–H groups in total. The van der Waals surface area contributed by atoms with Crippen LogP contribution in [0.5, 0.6) is 5.75 Å². The first-order valence-electron chi connectivity index (χ1n) is 7.35. The molecule has 0 spiro atoms. The van der Waals surface area contributed by atoms with Crippen molar-refractivity contribution in [3.05, 3.63) is 54.6 Å². The summed E-state index contributed by atoms with van der Waals surface area (Å²) in [5, 5.41) is 0. The fourth-order valence-electron chi connectivity index (χ4n) is 1.98. The van der Waals surface area contributed by atoms with E-state index in [4.69, 9.17) is 4.74 Å². The van der Waals surface area contributed by atoms with E-state index in [1.807, 2.05) is 12.1 Å². The number of nitrogens with zero attached hydrogens (tertiary/aromatic N) is 1. The molecule has 4 heteroatoms. The van der Waals surface area contributed by atoms with Crippen LogP contribution in [0, 0.1) is 0 Å². The molecule has 0 aromatic heterocycles. The van der Waals surface area contributed by atoms with Gasteiger partial charge in [-0.2, -0.15) is 0 Å². The molecule has 0 heterocycles.